The van der Waals surface area contributed by atoms with E-state index >= 15 is 0 Å². The van der Waals surface area contributed by atoms with Crippen molar-refractivity contribution >= 4 is 69.7 Å². The summed E-state index contributed by atoms with van der Waals surface area (Å²) in [6.45, 7) is 0.182. The maximum Gasteiger partial charge on any atom is 0.241 e. The quantitative estimate of drug-likeness (QED) is 0.385. The van der Waals surface area contributed by atoms with Gasteiger partial charge in [-0.3, -0.25) is 14.5 Å². The van der Waals surface area contributed by atoms with E-state index in [-0.39, 0.29) is 34.0 Å². The van der Waals surface area contributed by atoms with Crippen LogP contribution in [0.4, 0.5) is 11.5 Å². The van der Waals surface area contributed by atoms with Gasteiger partial charge in [0.15, 0.2) is 0 Å². The van der Waals surface area contributed by atoms with Crippen molar-refractivity contribution in [2.45, 2.75) is 30.3 Å². The Morgan fingerprint density at radius 3 is 2.48 bits per heavy atom. The predicted molar refractivity (Wildman–Crippen MR) is 123 cm³/mol. The zero-order chi connectivity index (χ0) is 23.4. The van der Waals surface area contributed by atoms with Gasteiger partial charge in [-0.25, -0.2) is 9.88 Å². The highest BCUT2D eigenvalue weighted by atomic mass is 35.5. The van der Waals surface area contributed by atoms with E-state index in [0.29, 0.717) is 16.3 Å². The molecule has 2 amide bonds. The Bertz CT molecular complexity index is 1220. The lowest BCUT2D eigenvalue weighted by molar-refractivity contribution is -0.127. The highest BCUT2D eigenvalue weighted by Gasteiger charge is 2.75. The van der Waals surface area contributed by atoms with Crippen LogP contribution in [-0.4, -0.2) is 56.8 Å². The molecule has 6 atom stereocenters. The van der Waals surface area contributed by atoms with Gasteiger partial charge >= 0.3 is 0 Å². The van der Waals surface area contributed by atoms with Crippen LogP contribution in [0.25, 0.3) is 0 Å². The van der Waals surface area contributed by atoms with E-state index in [0.717, 1.165) is 4.90 Å². The fourth-order valence-corrected chi connectivity index (χ4v) is 7.21. The molecule has 172 valence electrons. The van der Waals surface area contributed by atoms with Gasteiger partial charge in [-0.2, -0.15) is 0 Å². The molecule has 0 aliphatic carbocycles. The number of aromatic nitrogens is 1. The van der Waals surface area contributed by atoms with E-state index in [9.17, 15) is 19.8 Å². The summed E-state index contributed by atoms with van der Waals surface area (Å²) in [5, 5.41) is 25.7. The van der Waals surface area contributed by atoms with Crippen LogP contribution in [0, 0.1) is 11.8 Å². The summed E-state index contributed by atoms with van der Waals surface area (Å²) in [6.07, 6.45) is -1.73. The molecule has 1 aromatic heterocycles. The van der Waals surface area contributed by atoms with Crippen LogP contribution in [-0.2, 0) is 15.1 Å². The van der Waals surface area contributed by atoms with Crippen molar-refractivity contribution in [2.75, 3.05) is 16.8 Å². The molecule has 0 radical (unpaired) electrons. The van der Waals surface area contributed by atoms with Gasteiger partial charge in [0.2, 0.25) is 11.8 Å². The maximum atomic E-state index is 13.9. The molecule has 1 spiro atoms. The van der Waals surface area contributed by atoms with Crippen molar-refractivity contribution in [3.05, 3.63) is 50.0 Å². The lowest BCUT2D eigenvalue weighted by Crippen LogP contribution is -2.56. The van der Waals surface area contributed by atoms with E-state index in [1.54, 1.807) is 6.07 Å². The number of carbonyl (C=O) groups is 2. The zero-order valence-corrected chi connectivity index (χ0v) is 19.7. The van der Waals surface area contributed by atoms with Crippen molar-refractivity contribution in [1.29, 1.82) is 0 Å². The van der Waals surface area contributed by atoms with Gasteiger partial charge in [-0.1, -0.05) is 46.4 Å². The predicted octanol–water partition coefficient (Wildman–Crippen LogP) is 2.89. The second-order valence-corrected chi connectivity index (χ2v) is 10.4. The molecule has 3 saturated heterocycles. The van der Waals surface area contributed by atoms with Crippen molar-refractivity contribution in [1.82, 2.24) is 9.88 Å². The third kappa shape index (κ3) is 2.74. The number of fused-ring (bicyclic) bond motifs is 7. The maximum absolute atomic E-state index is 13.9. The first kappa shape index (κ1) is 21.9. The molecule has 0 bridgehead atoms. The van der Waals surface area contributed by atoms with Crippen LogP contribution in [0.1, 0.15) is 12.0 Å². The third-order valence-corrected chi connectivity index (χ3v) is 8.12. The third-order valence-electron chi connectivity index (χ3n) is 7.20. The van der Waals surface area contributed by atoms with E-state index in [1.807, 2.05) is 4.90 Å². The minimum absolute atomic E-state index is 0.0157. The number of pyridine rings is 1. The number of rotatable bonds is 1. The molecule has 4 aliphatic heterocycles. The summed E-state index contributed by atoms with van der Waals surface area (Å²) in [5.74, 6) is -2.80. The fourth-order valence-electron chi connectivity index (χ4n) is 6.20. The fraction of sp³-hybridized carbons (Fsp3) is 0.381. The highest BCUT2D eigenvalue weighted by Crippen LogP contribution is 2.62. The largest absolute Gasteiger partial charge is 0.392 e. The van der Waals surface area contributed by atoms with Crippen LogP contribution >= 0.6 is 46.4 Å². The second kappa shape index (κ2) is 7.18. The highest BCUT2D eigenvalue weighted by molar-refractivity contribution is 6.37. The van der Waals surface area contributed by atoms with Crippen LogP contribution in [0.5, 0.6) is 0 Å². The van der Waals surface area contributed by atoms with E-state index in [4.69, 9.17) is 46.4 Å². The minimum atomic E-state index is -1.36. The lowest BCUT2D eigenvalue weighted by Gasteiger charge is -2.41. The molecule has 6 rings (SSSR count). The number of hydrogen-bond donors (Lipinski definition) is 3. The number of nitrogens with zero attached hydrogens (tertiary/aromatic N) is 3. The number of amides is 2. The van der Waals surface area contributed by atoms with Crippen LogP contribution in [0.2, 0.25) is 20.2 Å². The number of aliphatic hydroxyl groups is 2. The summed E-state index contributed by atoms with van der Waals surface area (Å²) < 4.78 is 0. The number of imide groups is 1. The zero-order valence-electron chi connectivity index (χ0n) is 16.7. The number of anilines is 2. The number of nitrogens with one attached hydrogen (secondary N) is 1. The normalized spacial score (nSPS) is 34.7. The first-order valence-electron chi connectivity index (χ1n) is 10.2. The van der Waals surface area contributed by atoms with Crippen molar-refractivity contribution in [2.24, 2.45) is 11.8 Å². The molecule has 33 heavy (non-hydrogen) atoms. The minimum Gasteiger partial charge on any atom is -0.392 e. The summed E-state index contributed by atoms with van der Waals surface area (Å²) in [4.78, 5) is 34.6. The smallest absolute Gasteiger partial charge is 0.241 e. The van der Waals surface area contributed by atoms with Crippen molar-refractivity contribution < 1.29 is 19.8 Å². The van der Waals surface area contributed by atoms with Crippen LogP contribution in [0.3, 0.4) is 0 Å². The number of hydrogen-bond acceptors (Lipinski definition) is 7. The average Bonchev–Trinajstić information content (AvgIpc) is 3.37. The molecule has 1 aromatic carbocycles. The average molecular weight is 530 g/mol. The summed E-state index contributed by atoms with van der Waals surface area (Å²) in [7, 11) is 0. The molecule has 2 aromatic rings. The molecule has 3 N–H and O–H groups in total. The first-order chi connectivity index (χ1) is 15.6. The molecule has 5 unspecified atom stereocenters. The van der Waals surface area contributed by atoms with E-state index < -0.39 is 47.6 Å². The van der Waals surface area contributed by atoms with E-state index in [2.05, 4.69) is 10.3 Å². The molecule has 5 heterocycles. The molecule has 12 heteroatoms. The molecular formula is C21H16Cl4N4O4. The van der Waals surface area contributed by atoms with Gasteiger partial charge in [-0.05, 0) is 24.6 Å². The van der Waals surface area contributed by atoms with Gasteiger partial charge in [0.25, 0.3) is 0 Å². The van der Waals surface area contributed by atoms with E-state index in [1.165, 1.54) is 18.2 Å². The summed E-state index contributed by atoms with van der Waals surface area (Å²) >= 11 is 24.9. The van der Waals surface area contributed by atoms with Crippen molar-refractivity contribution in [3.63, 3.8) is 0 Å². The number of aliphatic hydroxyl groups excluding tert-OH is 2. The van der Waals surface area contributed by atoms with Crippen molar-refractivity contribution in [3.8, 4) is 0 Å². The summed E-state index contributed by atoms with van der Waals surface area (Å²) in [6, 6.07) is 5.49. The molecule has 3 fully saturated rings. The Kier molecular flexibility index (Phi) is 4.75. The molecule has 0 saturated carbocycles. The standard InChI is InChI=1S/C21H16Cl4N4O4/c22-7-1-10-17(11(24)2-7)27-20(33)21(10)16-15(12-5-9(30)6-28(12)21)18(31)29(19(16)32)14-4-8(23)3-13(25)26-14/h1-4,9,12,15-16,20,27,30,33H,5-6H2/t9-,12?,15?,16?,20?,21?/m0/s1. The second-order valence-electron chi connectivity index (χ2n) is 8.77. The van der Waals surface area contributed by atoms with Gasteiger partial charge in [0, 0.05) is 34.3 Å². The van der Waals surface area contributed by atoms with Crippen LogP contribution < -0.4 is 10.2 Å². The molecular weight excluding hydrogens is 514 g/mol. The molecule has 4 aliphatic rings. The topological polar surface area (TPSA) is 106 Å². The SMILES string of the molecule is O=C1C2C3C[C@H](O)CN3C3(c4cc(Cl)cc(Cl)c4NC3O)C2C(=O)N1c1cc(Cl)cc(Cl)n1. The first-order valence-corrected chi connectivity index (χ1v) is 11.8. The number of carbonyl (C=O) groups excluding carboxylic acids is 2. The molecule has 8 nitrogen and oxygen atoms in total. The Labute approximate surface area is 208 Å². The Morgan fingerprint density at radius 1 is 1.03 bits per heavy atom. The Hall–Kier alpha value is -1.65. The van der Waals surface area contributed by atoms with Gasteiger partial charge in [-0.15, -0.1) is 0 Å². The Morgan fingerprint density at radius 2 is 1.76 bits per heavy atom. The monoisotopic (exact) mass is 528 g/mol. The van der Waals surface area contributed by atoms with Gasteiger partial charge < -0.3 is 15.5 Å². The lowest BCUT2D eigenvalue weighted by atomic mass is 9.74. The number of benzene rings is 1. The number of halogens is 4. The van der Waals surface area contributed by atoms with Gasteiger partial charge in [0.1, 0.15) is 22.7 Å². The van der Waals surface area contributed by atoms with Gasteiger partial charge in [0.05, 0.1) is 28.6 Å². The Balaban J connectivity index is 1.58. The summed E-state index contributed by atoms with van der Waals surface area (Å²) in [5.41, 5.74) is -0.406. The van der Waals surface area contributed by atoms with Crippen LogP contribution in [0.15, 0.2) is 24.3 Å².